The van der Waals surface area contributed by atoms with E-state index in [4.69, 9.17) is 10.8 Å². The predicted molar refractivity (Wildman–Crippen MR) is 118 cm³/mol. The minimum atomic E-state index is -1.20. The molecule has 0 aliphatic carbocycles. The molecule has 11 heteroatoms. The predicted octanol–water partition coefficient (Wildman–Crippen LogP) is -1.04. The summed E-state index contributed by atoms with van der Waals surface area (Å²) >= 11 is 0. The van der Waals surface area contributed by atoms with E-state index in [9.17, 15) is 29.4 Å². The number of hydrogen-bond acceptors (Lipinski definition) is 7. The van der Waals surface area contributed by atoms with Gasteiger partial charge in [0.1, 0.15) is 29.9 Å². The molecule has 0 saturated carbocycles. The summed E-state index contributed by atoms with van der Waals surface area (Å²) in [7, 11) is 0. The van der Waals surface area contributed by atoms with Crippen LogP contribution in [0.1, 0.15) is 32.3 Å². The molecule has 182 valence electrons. The quantitative estimate of drug-likeness (QED) is 0.254. The third-order valence-corrected chi connectivity index (χ3v) is 5.59. The van der Waals surface area contributed by atoms with Crippen LogP contribution in [-0.4, -0.2) is 81.2 Å². The lowest BCUT2D eigenvalue weighted by molar-refractivity contribution is -0.149. The first-order valence-corrected chi connectivity index (χ1v) is 10.8. The van der Waals surface area contributed by atoms with Crippen LogP contribution in [0.5, 0.6) is 5.75 Å². The van der Waals surface area contributed by atoms with Crippen molar-refractivity contribution in [3.05, 3.63) is 29.8 Å². The summed E-state index contributed by atoms with van der Waals surface area (Å²) in [5.74, 6) is -3.31. The Balaban J connectivity index is 2.26. The molecule has 1 aromatic rings. The van der Waals surface area contributed by atoms with Gasteiger partial charge in [-0.3, -0.25) is 14.4 Å². The summed E-state index contributed by atoms with van der Waals surface area (Å²) in [5, 5.41) is 33.2. The number of amides is 3. The second-order valence-electron chi connectivity index (χ2n) is 8.48. The number of nitrogens with two attached hydrogens (primary N) is 1. The molecule has 0 aromatic heterocycles. The van der Waals surface area contributed by atoms with E-state index in [0.29, 0.717) is 18.4 Å². The van der Waals surface area contributed by atoms with Gasteiger partial charge in [-0.05, 0) is 36.5 Å². The summed E-state index contributed by atoms with van der Waals surface area (Å²) in [5.41, 5.74) is 6.17. The lowest BCUT2D eigenvalue weighted by Gasteiger charge is -2.30. The van der Waals surface area contributed by atoms with Crippen molar-refractivity contribution in [3.8, 4) is 5.75 Å². The first kappa shape index (κ1) is 26.1. The van der Waals surface area contributed by atoms with E-state index in [1.165, 1.54) is 17.0 Å². The molecule has 3 amide bonds. The average molecular weight is 465 g/mol. The molecule has 1 aromatic carbocycles. The van der Waals surface area contributed by atoms with Gasteiger partial charge in [0, 0.05) is 13.0 Å². The molecule has 0 spiro atoms. The largest absolute Gasteiger partial charge is 0.508 e. The number of phenolic OH excluding ortho intramolecular Hbond substituents is 1. The van der Waals surface area contributed by atoms with Crippen molar-refractivity contribution in [2.75, 3.05) is 13.2 Å². The minimum Gasteiger partial charge on any atom is -0.508 e. The van der Waals surface area contributed by atoms with Gasteiger partial charge in [0.15, 0.2) is 0 Å². The lowest BCUT2D eigenvalue weighted by Crippen LogP contribution is -2.59. The molecule has 1 fully saturated rings. The molecule has 4 atom stereocenters. The first-order valence-electron chi connectivity index (χ1n) is 10.8. The van der Waals surface area contributed by atoms with E-state index in [1.807, 2.05) is 0 Å². The molecule has 0 bridgehead atoms. The van der Waals surface area contributed by atoms with Crippen molar-refractivity contribution in [1.82, 2.24) is 15.5 Å². The summed E-state index contributed by atoms with van der Waals surface area (Å²) in [6.07, 6.45) is 0.916. The number of benzene rings is 1. The van der Waals surface area contributed by atoms with Crippen LogP contribution in [0.4, 0.5) is 0 Å². The molecule has 33 heavy (non-hydrogen) atoms. The molecule has 1 heterocycles. The second-order valence-corrected chi connectivity index (χ2v) is 8.48. The van der Waals surface area contributed by atoms with Gasteiger partial charge in [0.25, 0.3) is 0 Å². The monoisotopic (exact) mass is 464 g/mol. The zero-order chi connectivity index (χ0) is 24.7. The van der Waals surface area contributed by atoms with Gasteiger partial charge in [0.2, 0.25) is 17.7 Å². The fourth-order valence-corrected chi connectivity index (χ4v) is 3.69. The highest BCUT2D eigenvalue weighted by Crippen LogP contribution is 2.20. The van der Waals surface area contributed by atoms with Crippen molar-refractivity contribution in [1.29, 1.82) is 0 Å². The van der Waals surface area contributed by atoms with E-state index < -0.39 is 54.5 Å². The van der Waals surface area contributed by atoms with Crippen molar-refractivity contribution in [2.24, 2.45) is 11.7 Å². The number of rotatable bonds is 10. The SMILES string of the molecule is CC(C)C(NC(=O)C(N)CO)C(=O)NC(Cc1ccc(O)cc1)C(=O)N1CCCC1C(=O)O. The van der Waals surface area contributed by atoms with Gasteiger partial charge in [-0.1, -0.05) is 26.0 Å². The molecular weight excluding hydrogens is 432 g/mol. The third-order valence-electron chi connectivity index (χ3n) is 5.59. The number of carboxylic acid groups (broad SMARTS) is 1. The van der Waals surface area contributed by atoms with Crippen LogP contribution in [-0.2, 0) is 25.6 Å². The molecule has 11 nitrogen and oxygen atoms in total. The van der Waals surface area contributed by atoms with E-state index in [0.717, 1.165) is 0 Å². The summed E-state index contributed by atoms with van der Waals surface area (Å²) in [6.45, 7) is 3.07. The van der Waals surface area contributed by atoms with Gasteiger partial charge in [-0.15, -0.1) is 0 Å². The van der Waals surface area contributed by atoms with Gasteiger partial charge < -0.3 is 36.6 Å². The van der Waals surface area contributed by atoms with Crippen molar-refractivity contribution < 1.29 is 34.5 Å². The number of carbonyl (C=O) groups excluding carboxylic acids is 3. The van der Waals surface area contributed by atoms with E-state index in [2.05, 4.69) is 10.6 Å². The Morgan fingerprint density at radius 3 is 2.30 bits per heavy atom. The smallest absolute Gasteiger partial charge is 0.326 e. The normalized spacial score (nSPS) is 18.5. The Hall–Kier alpha value is -3.18. The van der Waals surface area contributed by atoms with Crippen LogP contribution in [0.25, 0.3) is 0 Å². The second kappa shape index (κ2) is 11.6. The fraction of sp³-hybridized carbons (Fsp3) is 0.545. The highest BCUT2D eigenvalue weighted by molar-refractivity contribution is 5.94. The minimum absolute atomic E-state index is 0.0407. The number of nitrogens with one attached hydrogen (secondary N) is 2. The first-order chi connectivity index (χ1) is 15.5. The van der Waals surface area contributed by atoms with Gasteiger partial charge >= 0.3 is 5.97 Å². The van der Waals surface area contributed by atoms with Crippen molar-refractivity contribution in [2.45, 2.75) is 57.3 Å². The summed E-state index contributed by atoms with van der Waals surface area (Å²) in [4.78, 5) is 51.3. The van der Waals surface area contributed by atoms with Crippen molar-refractivity contribution in [3.63, 3.8) is 0 Å². The maximum Gasteiger partial charge on any atom is 0.326 e. The zero-order valence-corrected chi connectivity index (χ0v) is 18.7. The Bertz CT molecular complexity index is 859. The Kier molecular flexibility index (Phi) is 9.18. The molecule has 4 unspecified atom stereocenters. The Morgan fingerprint density at radius 1 is 1.12 bits per heavy atom. The number of carboxylic acids is 1. The number of aliphatic carboxylic acids is 1. The van der Waals surface area contributed by atoms with Gasteiger partial charge in [-0.25, -0.2) is 4.79 Å². The van der Waals surface area contributed by atoms with Gasteiger partial charge in [-0.2, -0.15) is 0 Å². The molecule has 0 radical (unpaired) electrons. The van der Waals surface area contributed by atoms with Crippen LogP contribution in [0, 0.1) is 5.92 Å². The Labute approximate surface area is 191 Å². The summed E-state index contributed by atoms with van der Waals surface area (Å²) in [6, 6.07) is 1.80. The van der Waals surface area contributed by atoms with Crippen LogP contribution in [0.3, 0.4) is 0 Å². The number of aliphatic hydroxyl groups excluding tert-OH is 1. The van der Waals surface area contributed by atoms with E-state index in [-0.39, 0.29) is 24.6 Å². The van der Waals surface area contributed by atoms with Crippen LogP contribution < -0.4 is 16.4 Å². The molecule has 1 aliphatic rings. The zero-order valence-electron chi connectivity index (χ0n) is 18.7. The standard InChI is InChI=1S/C22H32N4O7/c1-12(2)18(25-19(29)15(23)11-27)20(30)24-16(10-13-5-7-14(28)8-6-13)21(31)26-9-3-4-17(26)22(32)33/h5-8,12,15-18,27-28H,3-4,9-11,23H2,1-2H3,(H,24,30)(H,25,29)(H,32,33). The molecule has 7 N–H and O–H groups in total. The van der Waals surface area contributed by atoms with E-state index >= 15 is 0 Å². The highest BCUT2D eigenvalue weighted by Gasteiger charge is 2.38. The van der Waals surface area contributed by atoms with Crippen LogP contribution in [0.15, 0.2) is 24.3 Å². The maximum atomic E-state index is 13.3. The number of carbonyl (C=O) groups is 4. The number of hydrogen-bond donors (Lipinski definition) is 6. The molecule has 2 rings (SSSR count). The number of aliphatic hydroxyl groups is 1. The fourth-order valence-electron chi connectivity index (χ4n) is 3.69. The Morgan fingerprint density at radius 2 is 1.76 bits per heavy atom. The van der Waals surface area contributed by atoms with E-state index in [1.54, 1.807) is 26.0 Å². The van der Waals surface area contributed by atoms with Crippen LogP contribution >= 0.6 is 0 Å². The lowest BCUT2D eigenvalue weighted by atomic mass is 10.00. The maximum absolute atomic E-state index is 13.3. The third kappa shape index (κ3) is 6.90. The van der Waals surface area contributed by atoms with Gasteiger partial charge in [0.05, 0.1) is 6.61 Å². The molecular formula is C22H32N4O7. The topological polar surface area (TPSA) is 182 Å². The molecule has 1 saturated heterocycles. The number of aromatic hydroxyl groups is 1. The van der Waals surface area contributed by atoms with Crippen molar-refractivity contribution >= 4 is 23.7 Å². The average Bonchev–Trinajstić information content (AvgIpc) is 3.27. The van der Waals surface area contributed by atoms with Crippen LogP contribution in [0.2, 0.25) is 0 Å². The number of nitrogens with zero attached hydrogens (tertiary/aromatic N) is 1. The number of likely N-dealkylation sites (tertiary alicyclic amines) is 1. The summed E-state index contributed by atoms with van der Waals surface area (Å²) < 4.78 is 0. The molecule has 1 aliphatic heterocycles. The number of phenols is 1. The highest BCUT2D eigenvalue weighted by atomic mass is 16.4.